The van der Waals surface area contributed by atoms with E-state index in [-0.39, 0.29) is 35.5 Å². The number of hydrogen-bond donors (Lipinski definition) is 5. The molecule has 19 nitrogen and oxygen atoms in total. The van der Waals surface area contributed by atoms with Crippen LogP contribution < -0.4 is 25.2 Å². The number of benzene rings is 5. The van der Waals surface area contributed by atoms with Gasteiger partial charge in [-0.3, -0.25) is 14.5 Å². The minimum absolute atomic E-state index is 0.109. The summed E-state index contributed by atoms with van der Waals surface area (Å²) in [6.07, 6.45) is 3.31. The summed E-state index contributed by atoms with van der Waals surface area (Å²) in [5.41, 5.74) is 7.09. The fraction of sp³-hybridized carbons (Fsp3) is 0.400. The Morgan fingerprint density at radius 3 is 2.15 bits per heavy atom. The van der Waals surface area contributed by atoms with Crippen LogP contribution in [0.1, 0.15) is 61.6 Å². The molecule has 464 valence electrons. The van der Waals surface area contributed by atoms with Crippen LogP contribution in [0.2, 0.25) is 0 Å². The number of fused-ring (bicyclic) bond motifs is 2. The maximum Gasteiger partial charge on any atom is 0.390 e. The van der Waals surface area contributed by atoms with Gasteiger partial charge in [-0.15, -0.1) is 0 Å². The molecule has 2 atom stereocenters. The highest BCUT2D eigenvalue weighted by molar-refractivity contribution is 7.93. The Morgan fingerprint density at radius 2 is 1.40 bits per heavy atom. The third kappa shape index (κ3) is 14.8. The zero-order chi connectivity index (χ0) is 61.4. The molecule has 1 aliphatic carbocycles. The number of aromatic nitrogens is 5. The highest BCUT2D eigenvalue weighted by Crippen LogP contribution is 2.42. The number of hydrogen-bond acceptors (Lipinski definition) is 16. The molecule has 3 aliphatic rings. The van der Waals surface area contributed by atoms with Crippen LogP contribution in [0.25, 0.3) is 44.1 Å². The second-order valence-electron chi connectivity index (χ2n) is 23.0. The summed E-state index contributed by atoms with van der Waals surface area (Å²) in [7, 11) is -0.236. The van der Waals surface area contributed by atoms with Gasteiger partial charge in [0.05, 0.1) is 43.8 Å². The zero-order valence-electron chi connectivity index (χ0n) is 49.4. The van der Waals surface area contributed by atoms with Crippen LogP contribution in [-0.2, 0) is 30.8 Å². The maximum absolute atomic E-state index is 14.1. The lowest BCUT2D eigenvalue weighted by Crippen LogP contribution is -2.46. The molecule has 2 unspecified atom stereocenters. The van der Waals surface area contributed by atoms with Gasteiger partial charge in [-0.1, -0.05) is 91.0 Å². The van der Waals surface area contributed by atoms with Gasteiger partial charge in [-0.25, -0.2) is 23.2 Å². The predicted octanol–water partition coefficient (Wildman–Crippen LogP) is 10.1. The molecule has 0 radical (unpaired) electrons. The lowest BCUT2D eigenvalue weighted by atomic mass is 9.91. The number of carboxylic acid groups (broad SMARTS) is 1. The first-order chi connectivity index (χ1) is 42.5. The Morgan fingerprint density at radius 1 is 0.705 bits per heavy atom. The van der Waals surface area contributed by atoms with Crippen LogP contribution in [0.5, 0.6) is 0 Å². The van der Waals surface area contributed by atoms with Gasteiger partial charge < -0.3 is 44.7 Å². The molecule has 0 amide bonds. The van der Waals surface area contributed by atoms with Crippen molar-refractivity contribution >= 4 is 66.9 Å². The molecule has 5 aromatic carbocycles. The van der Waals surface area contributed by atoms with Crippen molar-refractivity contribution in [3.8, 4) is 22.3 Å². The molecule has 1 saturated carbocycles. The van der Waals surface area contributed by atoms with Crippen LogP contribution in [0.4, 0.5) is 42.3 Å². The van der Waals surface area contributed by atoms with Crippen LogP contribution in [-0.4, -0.2) is 170 Å². The number of anilines is 5. The smallest absolute Gasteiger partial charge is 0.390 e. The summed E-state index contributed by atoms with van der Waals surface area (Å²) < 4.78 is 83.7. The van der Waals surface area contributed by atoms with Gasteiger partial charge in [0.2, 0.25) is 11.9 Å². The fourth-order valence-electron chi connectivity index (χ4n) is 12.4. The number of aliphatic hydroxyl groups excluding tert-OH is 1. The molecule has 3 fully saturated rings. The van der Waals surface area contributed by atoms with Gasteiger partial charge in [0.15, 0.2) is 0 Å². The van der Waals surface area contributed by atoms with E-state index < -0.39 is 34.6 Å². The third-order valence-corrected chi connectivity index (χ3v) is 18.3. The van der Waals surface area contributed by atoms with E-state index in [1.807, 2.05) is 78.5 Å². The number of piperazine rings is 1. The second-order valence-corrected chi connectivity index (χ2v) is 24.7. The molecule has 8 aromatic rings. The van der Waals surface area contributed by atoms with Crippen molar-refractivity contribution in [1.29, 1.82) is 0 Å². The third-order valence-electron chi connectivity index (χ3n) is 16.9. The minimum atomic E-state index is -4.28. The molecule has 2 saturated heterocycles. The molecule has 5 N–H and O–H groups in total. The quantitative estimate of drug-likeness (QED) is 0.0337. The number of aliphatic carboxylic acids is 1. The van der Waals surface area contributed by atoms with Gasteiger partial charge >= 0.3 is 12.1 Å². The Balaban J connectivity index is 0.653. The molecule has 2 aliphatic heterocycles. The summed E-state index contributed by atoms with van der Waals surface area (Å²) in [4.78, 5) is 40.6. The molecule has 3 aromatic heterocycles. The van der Waals surface area contributed by atoms with E-state index in [9.17, 15) is 36.6 Å². The van der Waals surface area contributed by atoms with E-state index in [1.54, 1.807) is 48.8 Å². The number of rotatable bonds is 25. The number of carboxylic acids is 1. The van der Waals surface area contributed by atoms with Crippen LogP contribution in [0.3, 0.4) is 0 Å². The molecule has 23 heteroatoms. The van der Waals surface area contributed by atoms with Gasteiger partial charge in [-0.2, -0.15) is 23.1 Å². The lowest BCUT2D eigenvalue weighted by molar-refractivity contribution is -0.138. The van der Waals surface area contributed by atoms with E-state index in [1.165, 1.54) is 5.56 Å². The van der Waals surface area contributed by atoms with E-state index in [0.29, 0.717) is 98.4 Å². The van der Waals surface area contributed by atoms with Crippen molar-refractivity contribution in [2.24, 2.45) is 0 Å². The Labute approximate surface area is 510 Å². The summed E-state index contributed by atoms with van der Waals surface area (Å²) in [5, 5.41) is 29.2. The predicted molar refractivity (Wildman–Crippen MR) is 337 cm³/mol. The molecular formula is C65H75F3N12O7S. The first-order valence-corrected chi connectivity index (χ1v) is 31.6. The number of nitrogens with one attached hydrogen (secondary N) is 3. The zero-order valence-corrected chi connectivity index (χ0v) is 50.3. The Hall–Kier alpha value is -7.93. The highest BCUT2D eigenvalue weighted by atomic mass is 32.2. The van der Waals surface area contributed by atoms with Crippen molar-refractivity contribution < 1.29 is 46.1 Å². The largest absolute Gasteiger partial charge is 0.480 e. The highest BCUT2D eigenvalue weighted by Gasteiger charge is 2.42. The van der Waals surface area contributed by atoms with E-state index in [4.69, 9.17) is 19.4 Å². The van der Waals surface area contributed by atoms with Crippen molar-refractivity contribution in [3.63, 3.8) is 0 Å². The lowest BCUT2D eigenvalue weighted by Gasteiger charge is -2.34. The molecule has 0 bridgehead atoms. The first-order valence-electron chi connectivity index (χ1n) is 30.1. The fourth-order valence-corrected chi connectivity index (χ4v) is 13.6. The summed E-state index contributed by atoms with van der Waals surface area (Å²) in [6.45, 7) is 7.48. The minimum Gasteiger partial charge on any atom is -0.480 e. The number of carbonyl (C=O) groups is 1. The molecule has 5 heterocycles. The SMILES string of the molecule is CN(C)c1cccc2c(S(=O)(=O)Nc3cccc(-c4cnc(NCCOCCOCCN5CCN(Cc6ccc(-c7cn([C@H]8CC[C@H](O)CC8)c8nc(NCCC(F)(F)F)ncc78)cc6)CC5)nc4N4CCC(c5ccccc5)C4C(=O)O)c3)cccc12. The van der Waals surface area contributed by atoms with E-state index >= 15 is 0 Å². The monoisotopic (exact) mass is 1220 g/mol. The van der Waals surface area contributed by atoms with Gasteiger partial charge in [0.1, 0.15) is 17.5 Å². The van der Waals surface area contributed by atoms with Crippen molar-refractivity contribution in [3.05, 3.63) is 145 Å². The number of aliphatic hydroxyl groups is 1. The number of sulfonamides is 1. The molecule has 11 rings (SSSR count). The van der Waals surface area contributed by atoms with Crippen LogP contribution in [0, 0.1) is 0 Å². The van der Waals surface area contributed by atoms with Crippen molar-refractivity contribution in [2.45, 2.75) is 80.2 Å². The second kappa shape index (κ2) is 27.6. The number of alkyl halides is 3. The standard InChI is InChI=1S/C65H75F3N12O7S/c1-76(2)57-15-7-14-53-52(57)13-8-16-58(53)88(84,85)75-48-12-6-11-47(39-48)54-40-71-64(73-60(54)79-29-25-51(59(79)62(82)83)45-9-4-3-5-10-45)70-28-35-86-37-38-87-36-34-77-30-32-78(33-31-77)42-44-17-19-46(20-18-44)56-43-80(49-21-23-50(81)24-22-49)61-55(56)41-72-63(74-61)69-27-26-65(66,67)68/h3-20,39-41,43,49-51,59,75,81H,21-38,42H2,1-2H3,(H,82,83)(H,69,72,74)(H,70,71,73)/t49-,50-,51?,59?. The van der Waals surface area contributed by atoms with E-state index in [0.717, 1.165) is 85.3 Å². The summed E-state index contributed by atoms with van der Waals surface area (Å²) in [5.74, 6) is -0.430. The van der Waals surface area contributed by atoms with E-state index in [2.05, 4.69) is 70.2 Å². The topological polar surface area (TPSA) is 216 Å². The molecule has 88 heavy (non-hydrogen) atoms. The van der Waals surface area contributed by atoms with Gasteiger partial charge in [-0.05, 0) is 78.6 Å². The summed E-state index contributed by atoms with van der Waals surface area (Å²) in [6, 6.07) is 35.1. The van der Waals surface area contributed by atoms with Crippen molar-refractivity contribution in [1.82, 2.24) is 34.3 Å². The van der Waals surface area contributed by atoms with Gasteiger partial charge in [0, 0.05) is 142 Å². The average Bonchev–Trinajstić information content (AvgIpc) is 1.63. The summed E-state index contributed by atoms with van der Waals surface area (Å²) >= 11 is 0. The maximum atomic E-state index is 14.1. The van der Waals surface area contributed by atoms with Crippen molar-refractivity contribution in [2.75, 3.05) is 118 Å². The number of halogens is 3. The Kier molecular flexibility index (Phi) is 19.4. The van der Waals surface area contributed by atoms with Crippen LogP contribution >= 0.6 is 0 Å². The number of ether oxygens (including phenoxy) is 2. The van der Waals surface area contributed by atoms with Crippen LogP contribution in [0.15, 0.2) is 139 Å². The first kappa shape index (κ1) is 61.7. The number of nitrogens with zero attached hydrogens (tertiary/aromatic N) is 9. The molecule has 0 spiro atoms. The average molecular weight is 1230 g/mol. The van der Waals surface area contributed by atoms with Gasteiger partial charge in [0.25, 0.3) is 10.0 Å². The normalized spacial score (nSPS) is 18.7. The Bertz CT molecular complexity index is 3790. The molecular weight excluding hydrogens is 1150 g/mol.